The molecule has 0 aromatic heterocycles. The van der Waals surface area contributed by atoms with Crippen LogP contribution in [0.1, 0.15) is 68.7 Å². The number of aromatic hydroxyl groups is 1. The first-order valence-electron chi connectivity index (χ1n) is 18.3. The van der Waals surface area contributed by atoms with Gasteiger partial charge in [-0.15, -0.1) is 0 Å². The molecule has 0 heterocycles. The van der Waals surface area contributed by atoms with Crippen molar-refractivity contribution in [3.8, 4) is 23.0 Å². The maximum atomic E-state index is 14.0. The molecule has 4 N–H and O–H groups in total. The number of phenols is 1. The predicted octanol–water partition coefficient (Wildman–Crippen LogP) is 9.02. The van der Waals surface area contributed by atoms with Crippen LogP contribution in [0.4, 0.5) is 15.3 Å². The number of hydrogen-bond acceptors (Lipinski definition) is 10. The fourth-order valence-corrected chi connectivity index (χ4v) is 5.71. The number of halogens is 1. The number of carbonyl (C=O) groups excluding carboxylic acids is 4. The molecular weight excluding hydrogens is 754 g/mol. The third-order valence-corrected chi connectivity index (χ3v) is 8.14. The van der Waals surface area contributed by atoms with Crippen LogP contribution in [0.5, 0.6) is 23.0 Å². The van der Waals surface area contributed by atoms with Crippen LogP contribution in [0, 0.1) is 0 Å². The molecule has 3 amide bonds. The molecule has 13 nitrogen and oxygen atoms in total. The third-order valence-electron chi connectivity index (χ3n) is 7.92. The number of anilines is 1. The molecule has 0 aliphatic heterocycles. The zero-order valence-electron chi connectivity index (χ0n) is 32.6. The predicted molar refractivity (Wildman–Crippen MR) is 218 cm³/mol. The number of phenolic OH excluding ortho intramolecular Hbond substituents is 1. The van der Waals surface area contributed by atoms with Crippen molar-refractivity contribution in [2.75, 3.05) is 31.6 Å². The monoisotopic (exact) mass is 799 g/mol. The van der Waals surface area contributed by atoms with Gasteiger partial charge in [-0.25, -0.2) is 14.4 Å². The maximum absolute atomic E-state index is 14.0. The van der Waals surface area contributed by atoms with E-state index in [4.69, 9.17) is 35.3 Å². The van der Waals surface area contributed by atoms with E-state index in [-0.39, 0.29) is 65.4 Å². The molecule has 5 aromatic rings. The van der Waals surface area contributed by atoms with Crippen LogP contribution in [0.15, 0.2) is 84.9 Å². The highest BCUT2D eigenvalue weighted by atomic mass is 35.5. The molecule has 0 bridgehead atoms. The summed E-state index contributed by atoms with van der Waals surface area (Å²) in [6.45, 7) is 11.1. The van der Waals surface area contributed by atoms with E-state index in [2.05, 4.69) is 16.0 Å². The van der Waals surface area contributed by atoms with Gasteiger partial charge < -0.3 is 44.7 Å². The summed E-state index contributed by atoms with van der Waals surface area (Å²) < 4.78 is 28.4. The minimum Gasteiger partial charge on any atom is -0.506 e. The second kappa shape index (κ2) is 18.2. The van der Waals surface area contributed by atoms with E-state index in [9.17, 15) is 24.3 Å². The van der Waals surface area contributed by atoms with Gasteiger partial charge in [0.1, 0.15) is 46.3 Å². The summed E-state index contributed by atoms with van der Waals surface area (Å²) in [4.78, 5) is 52.1. The van der Waals surface area contributed by atoms with E-state index in [0.717, 1.165) is 21.5 Å². The van der Waals surface area contributed by atoms with Crippen LogP contribution in [0.25, 0.3) is 21.5 Å². The van der Waals surface area contributed by atoms with E-state index in [1.165, 1.54) is 12.1 Å². The molecule has 0 radical (unpaired) electrons. The topological polar surface area (TPSA) is 171 Å². The number of alkyl carbamates (subject to hydrolysis) is 2. The smallest absolute Gasteiger partial charge is 0.407 e. The normalized spacial score (nSPS) is 11.4. The van der Waals surface area contributed by atoms with Gasteiger partial charge in [-0.1, -0.05) is 60.1 Å². The number of amides is 3. The highest BCUT2D eigenvalue weighted by Gasteiger charge is 2.24. The summed E-state index contributed by atoms with van der Waals surface area (Å²) in [7, 11) is 0. The molecule has 0 unspecified atom stereocenters. The van der Waals surface area contributed by atoms with Crippen LogP contribution < -0.4 is 30.2 Å². The van der Waals surface area contributed by atoms with E-state index in [0.29, 0.717) is 6.42 Å². The van der Waals surface area contributed by atoms with Crippen molar-refractivity contribution in [1.29, 1.82) is 0 Å². The standard InChI is InChI=1S/C43H46ClN3O10/c1-42(2,3)56-40(51)45-16-11-18-53-35-23-29-15-10-8-13-27(29)21-32(35)39(50)55-36-25-30(44)24-33(48)37(36)47-38(49)31-20-26-12-7-9-14-28(26)22-34(31)54-19-17-46-41(52)57-43(4,5)6/h7-10,12-15,20-25,48H,11,16-19H2,1-6H3,(H,45,51)(H,46,52)(H,47,49). The molecule has 0 saturated heterocycles. The average Bonchev–Trinajstić information content (AvgIpc) is 3.12. The van der Waals surface area contributed by atoms with E-state index in [1.54, 1.807) is 65.8 Å². The quantitative estimate of drug-likeness (QED) is 0.0390. The highest BCUT2D eigenvalue weighted by Crippen LogP contribution is 2.39. The lowest BCUT2D eigenvalue weighted by atomic mass is 10.0. The van der Waals surface area contributed by atoms with Crippen molar-refractivity contribution >= 4 is 62.9 Å². The van der Waals surface area contributed by atoms with Crippen LogP contribution >= 0.6 is 11.6 Å². The Hall–Kier alpha value is -6.21. The van der Waals surface area contributed by atoms with E-state index >= 15 is 0 Å². The minimum absolute atomic E-state index is 0.00331. The SMILES string of the molecule is CC(C)(C)OC(=O)NCCCOc1cc2ccccc2cc1C(=O)Oc1cc(Cl)cc(O)c1NC(=O)c1cc2ccccc2cc1OCCNC(=O)OC(C)(C)C. The number of benzene rings is 5. The van der Waals surface area contributed by atoms with Crippen LogP contribution in [-0.2, 0) is 9.47 Å². The van der Waals surface area contributed by atoms with Gasteiger partial charge in [0.05, 0.1) is 18.7 Å². The first-order chi connectivity index (χ1) is 27.0. The van der Waals surface area contributed by atoms with Gasteiger partial charge in [0, 0.05) is 23.7 Å². The Labute approximate surface area is 335 Å². The van der Waals surface area contributed by atoms with Gasteiger partial charge in [0.2, 0.25) is 0 Å². The number of rotatable bonds is 13. The first-order valence-corrected chi connectivity index (χ1v) is 18.6. The zero-order chi connectivity index (χ0) is 41.3. The second-order valence-corrected chi connectivity index (χ2v) is 15.4. The number of carbonyl (C=O) groups is 4. The lowest BCUT2D eigenvalue weighted by Crippen LogP contribution is -2.34. The van der Waals surface area contributed by atoms with Crippen LogP contribution in [-0.4, -0.2) is 66.7 Å². The first kappa shape index (κ1) is 41.9. The molecule has 0 saturated carbocycles. The van der Waals surface area contributed by atoms with Crippen LogP contribution in [0.3, 0.4) is 0 Å². The maximum Gasteiger partial charge on any atom is 0.407 e. The molecule has 0 aliphatic rings. The molecular formula is C43H46ClN3O10. The van der Waals surface area contributed by atoms with Crippen molar-refractivity contribution in [2.24, 2.45) is 0 Å². The zero-order valence-corrected chi connectivity index (χ0v) is 33.4. The molecule has 57 heavy (non-hydrogen) atoms. The Bertz CT molecular complexity index is 2280. The molecule has 0 fully saturated rings. The molecule has 0 aliphatic carbocycles. The van der Waals surface area contributed by atoms with Gasteiger partial charge in [-0.3, -0.25) is 4.79 Å². The molecule has 300 valence electrons. The lowest BCUT2D eigenvalue weighted by molar-refractivity contribution is 0.0511. The third kappa shape index (κ3) is 12.1. The summed E-state index contributed by atoms with van der Waals surface area (Å²) in [5.74, 6) is -1.83. The minimum atomic E-state index is -0.855. The Morgan fingerprint density at radius 2 is 1.12 bits per heavy atom. The fourth-order valence-electron chi connectivity index (χ4n) is 5.51. The van der Waals surface area contributed by atoms with Crippen molar-refractivity contribution in [2.45, 2.75) is 59.2 Å². The molecule has 5 aromatic carbocycles. The molecule has 5 rings (SSSR count). The largest absolute Gasteiger partial charge is 0.506 e. The number of esters is 1. The van der Waals surface area contributed by atoms with Gasteiger partial charge in [0.15, 0.2) is 5.75 Å². The summed E-state index contributed by atoms with van der Waals surface area (Å²) in [6, 6.07) is 23.9. The molecule has 0 atom stereocenters. The van der Waals surface area contributed by atoms with E-state index < -0.39 is 41.0 Å². The second-order valence-electron chi connectivity index (χ2n) is 14.9. The lowest BCUT2D eigenvalue weighted by Gasteiger charge is -2.20. The highest BCUT2D eigenvalue weighted by molar-refractivity contribution is 6.31. The van der Waals surface area contributed by atoms with Crippen molar-refractivity contribution in [3.63, 3.8) is 0 Å². The number of nitrogens with one attached hydrogen (secondary N) is 3. The summed E-state index contributed by atoms with van der Waals surface area (Å²) >= 11 is 6.30. The fraction of sp³-hybridized carbons (Fsp3) is 0.302. The Morgan fingerprint density at radius 3 is 1.68 bits per heavy atom. The average molecular weight is 800 g/mol. The number of ether oxygens (including phenoxy) is 5. The Morgan fingerprint density at radius 1 is 0.632 bits per heavy atom. The summed E-state index contributed by atoms with van der Waals surface area (Å²) in [6.07, 6.45) is -0.764. The Kier molecular flexibility index (Phi) is 13.4. The van der Waals surface area contributed by atoms with Crippen LogP contribution in [0.2, 0.25) is 5.02 Å². The van der Waals surface area contributed by atoms with Crippen molar-refractivity contribution in [3.05, 3.63) is 101 Å². The van der Waals surface area contributed by atoms with Crippen molar-refractivity contribution < 1.29 is 48.0 Å². The molecule has 14 heteroatoms. The summed E-state index contributed by atoms with van der Waals surface area (Å²) in [5, 5.41) is 22.1. The van der Waals surface area contributed by atoms with Gasteiger partial charge in [0.25, 0.3) is 5.91 Å². The number of hydrogen-bond donors (Lipinski definition) is 4. The van der Waals surface area contributed by atoms with Gasteiger partial charge >= 0.3 is 18.2 Å². The number of fused-ring (bicyclic) bond motifs is 2. The van der Waals surface area contributed by atoms with Crippen molar-refractivity contribution in [1.82, 2.24) is 10.6 Å². The van der Waals surface area contributed by atoms with E-state index in [1.807, 2.05) is 48.5 Å². The summed E-state index contributed by atoms with van der Waals surface area (Å²) in [5.41, 5.74) is -1.37. The Balaban J connectivity index is 1.36. The van der Waals surface area contributed by atoms with Gasteiger partial charge in [-0.05, 0) is 93.8 Å². The van der Waals surface area contributed by atoms with Gasteiger partial charge in [-0.2, -0.15) is 0 Å². The molecule has 0 spiro atoms.